The fraction of sp³-hybridized carbons (Fsp3) is 0.200. The molecule has 9 heteroatoms. The van der Waals surface area contributed by atoms with Crippen LogP contribution in [0.4, 0.5) is 0 Å². The van der Waals surface area contributed by atoms with Crippen molar-refractivity contribution in [2.24, 2.45) is 5.73 Å². The lowest BCUT2D eigenvalue weighted by Gasteiger charge is -2.10. The van der Waals surface area contributed by atoms with Crippen LogP contribution in [0, 0.1) is 0 Å². The summed E-state index contributed by atoms with van der Waals surface area (Å²) >= 11 is 0. The van der Waals surface area contributed by atoms with E-state index >= 15 is 0 Å². The van der Waals surface area contributed by atoms with E-state index in [2.05, 4.69) is 0 Å². The second kappa shape index (κ2) is 9.68. The van der Waals surface area contributed by atoms with E-state index in [9.17, 15) is 13.2 Å². The monoisotopic (exact) mass is 420 g/mol. The van der Waals surface area contributed by atoms with Gasteiger partial charge in [-0.05, 0) is 17.5 Å². The normalized spacial score (nSPS) is 20.3. The number of hydrogen-bond acceptors (Lipinski definition) is 8. The number of carbonyl (C=O) groups is 1. The molecule has 3 rings (SSSR count). The standard InChI is InChI=1S/C19H19NO5S.CO2/c1-2-13-8-10-15(11-9-13)17-16(21)18(19(20)24-17)25-26(22,23)12-14-6-4-3-5-7-14;2-1-3/h3-11,17H,2,12,20H2,1H3;/t17-;/m0./s1/i12D2,17D;. The van der Waals surface area contributed by atoms with Crippen LogP contribution in [0.3, 0.4) is 0 Å². The molecule has 8 nitrogen and oxygen atoms in total. The highest BCUT2D eigenvalue weighted by atomic mass is 32.2. The van der Waals surface area contributed by atoms with Crippen molar-refractivity contribution in [2.75, 3.05) is 0 Å². The van der Waals surface area contributed by atoms with Crippen molar-refractivity contribution in [3.8, 4) is 0 Å². The molecule has 1 aliphatic heterocycles. The van der Waals surface area contributed by atoms with Gasteiger partial charge >= 0.3 is 16.3 Å². The third-order valence-corrected chi connectivity index (χ3v) is 4.55. The molecule has 1 aliphatic rings. The molecule has 0 aliphatic carbocycles. The second-order valence-corrected chi connectivity index (χ2v) is 6.87. The van der Waals surface area contributed by atoms with Crippen LogP contribution < -0.4 is 5.73 Å². The lowest BCUT2D eigenvalue weighted by molar-refractivity contribution is -0.191. The van der Waals surface area contributed by atoms with Crippen LogP contribution in [0.15, 0.2) is 66.2 Å². The number of ketones is 1. The Bertz CT molecular complexity index is 1160. The third-order valence-electron chi connectivity index (χ3n) is 3.68. The molecule has 0 amide bonds. The van der Waals surface area contributed by atoms with Gasteiger partial charge in [0.15, 0.2) is 6.08 Å². The highest BCUT2D eigenvalue weighted by Gasteiger charge is 2.39. The van der Waals surface area contributed by atoms with Gasteiger partial charge in [0, 0.05) is 5.56 Å². The van der Waals surface area contributed by atoms with Crippen LogP contribution in [-0.2, 0) is 45.5 Å². The van der Waals surface area contributed by atoms with Crippen molar-refractivity contribution in [3.05, 3.63) is 82.9 Å². The van der Waals surface area contributed by atoms with Crippen molar-refractivity contribution < 1.29 is 35.8 Å². The molecule has 0 spiro atoms. The first kappa shape index (κ1) is 17.7. The van der Waals surface area contributed by atoms with Gasteiger partial charge in [-0.2, -0.15) is 18.0 Å². The number of Topliss-reactive ketones (excluding diaryl/α,β-unsaturated/α-hetero) is 1. The Balaban J connectivity index is 0.00000114. The van der Waals surface area contributed by atoms with Crippen molar-refractivity contribution in [1.82, 2.24) is 0 Å². The van der Waals surface area contributed by atoms with Gasteiger partial charge in [0.1, 0.15) is 5.70 Å². The van der Waals surface area contributed by atoms with Gasteiger partial charge in [0.25, 0.3) is 0 Å². The van der Waals surface area contributed by atoms with E-state index in [1.807, 2.05) is 6.92 Å². The zero-order valence-corrected chi connectivity index (χ0v) is 16.1. The van der Waals surface area contributed by atoms with E-state index in [1.165, 1.54) is 36.4 Å². The van der Waals surface area contributed by atoms with Crippen LogP contribution in [0.1, 0.15) is 33.8 Å². The number of carbonyl (C=O) groups excluding carboxylic acids is 3. The van der Waals surface area contributed by atoms with E-state index in [0.29, 0.717) is 0 Å². The molecule has 0 saturated carbocycles. The highest BCUT2D eigenvalue weighted by molar-refractivity contribution is 7.86. The zero-order chi connectivity index (χ0) is 24.2. The fourth-order valence-corrected chi connectivity index (χ4v) is 3.20. The first-order valence-corrected chi connectivity index (χ1v) is 9.67. The van der Waals surface area contributed by atoms with E-state index < -0.39 is 39.3 Å². The molecule has 0 unspecified atom stereocenters. The molecule has 1 atom stereocenters. The molecule has 0 bridgehead atoms. The molecular formula is C20H19NO7S. The Morgan fingerprint density at radius 3 is 2.28 bits per heavy atom. The molecule has 29 heavy (non-hydrogen) atoms. The van der Waals surface area contributed by atoms with Crippen LogP contribution in [0.25, 0.3) is 0 Å². The molecule has 0 fully saturated rings. The summed E-state index contributed by atoms with van der Waals surface area (Å²) in [7, 11) is -4.99. The minimum Gasteiger partial charge on any atom is -0.460 e. The average Bonchev–Trinajstić information content (AvgIpc) is 2.98. The van der Waals surface area contributed by atoms with Crippen molar-refractivity contribution in [3.63, 3.8) is 0 Å². The van der Waals surface area contributed by atoms with Gasteiger partial charge < -0.3 is 14.7 Å². The maximum absolute atomic E-state index is 12.8. The van der Waals surface area contributed by atoms with Crippen molar-refractivity contribution >= 4 is 22.1 Å². The van der Waals surface area contributed by atoms with Crippen LogP contribution >= 0.6 is 0 Å². The van der Waals surface area contributed by atoms with Gasteiger partial charge in [0.05, 0.1) is 4.11 Å². The molecule has 152 valence electrons. The summed E-state index contributed by atoms with van der Waals surface area (Å²) in [6.45, 7) is 1.94. The SMILES string of the molecule is O=C=O.[2H]C([2H])(c1ccccc1)S(=O)(=O)OC1=C(N)O[C@@]([2H])(c2ccc(CC)cc2)C1=O. The van der Waals surface area contributed by atoms with Crippen LogP contribution in [0.2, 0.25) is 0 Å². The second-order valence-electron chi connectivity index (χ2n) is 5.59. The quantitative estimate of drug-likeness (QED) is 0.702. The third kappa shape index (κ3) is 5.78. The van der Waals surface area contributed by atoms with Gasteiger partial charge in [0.2, 0.25) is 17.4 Å². The lowest BCUT2D eigenvalue weighted by Crippen LogP contribution is -2.16. The smallest absolute Gasteiger partial charge is 0.373 e. The van der Waals surface area contributed by atoms with Gasteiger partial charge in [-0.1, -0.05) is 61.5 Å². The number of ether oxygens (including phenoxy) is 1. The minimum atomic E-state index is -4.99. The van der Waals surface area contributed by atoms with Crippen LogP contribution in [-0.4, -0.2) is 20.4 Å². The summed E-state index contributed by atoms with van der Waals surface area (Å²) in [6, 6.07) is 13.5. The number of aryl methyl sites for hydroxylation is 1. The Morgan fingerprint density at radius 2 is 1.72 bits per heavy atom. The highest BCUT2D eigenvalue weighted by Crippen LogP contribution is 2.32. The maximum Gasteiger partial charge on any atom is 0.373 e. The number of rotatable bonds is 6. The number of nitrogens with two attached hydrogens (primary N) is 1. The molecule has 2 N–H and O–H groups in total. The molecule has 1 heterocycles. The number of hydrogen-bond donors (Lipinski definition) is 1. The first-order chi connectivity index (χ1) is 14.9. The summed E-state index contributed by atoms with van der Waals surface area (Å²) in [6.07, 6.45) is -1.32. The summed E-state index contributed by atoms with van der Waals surface area (Å²) in [5.74, 6) is -2.75. The van der Waals surface area contributed by atoms with Gasteiger partial charge in [-0.25, -0.2) is 0 Å². The Morgan fingerprint density at radius 1 is 1.14 bits per heavy atom. The lowest BCUT2D eigenvalue weighted by atomic mass is 10.0. The molecular weight excluding hydrogens is 398 g/mol. The summed E-state index contributed by atoms with van der Waals surface area (Å²) in [5.41, 5.74) is 3.60. The molecule has 0 saturated heterocycles. The molecule has 2 aromatic carbocycles. The Kier molecular flexibility index (Phi) is 5.89. The zero-order valence-electron chi connectivity index (χ0n) is 18.2. The predicted molar refractivity (Wildman–Crippen MR) is 101 cm³/mol. The first-order valence-electron chi connectivity index (χ1n) is 9.76. The minimum absolute atomic E-state index is 0.143. The fourth-order valence-electron chi connectivity index (χ4n) is 2.36. The maximum atomic E-state index is 12.8. The van der Waals surface area contributed by atoms with Crippen molar-refractivity contribution in [2.45, 2.75) is 25.1 Å². The Hall–Kier alpha value is -3.42. The van der Waals surface area contributed by atoms with E-state index in [0.717, 1.165) is 12.0 Å². The molecule has 0 aromatic heterocycles. The summed E-state index contributed by atoms with van der Waals surface area (Å²) in [5, 5.41) is 0. The van der Waals surface area contributed by atoms with Crippen LogP contribution in [0.5, 0.6) is 0 Å². The summed E-state index contributed by atoms with van der Waals surface area (Å²) in [4.78, 5) is 29.0. The topological polar surface area (TPSA) is 130 Å². The predicted octanol–water partition coefficient (Wildman–Crippen LogP) is 1.98. The van der Waals surface area contributed by atoms with Gasteiger partial charge in [-0.3, -0.25) is 4.79 Å². The van der Waals surface area contributed by atoms with Gasteiger partial charge in [-0.15, -0.1) is 0 Å². The van der Waals surface area contributed by atoms with Crippen molar-refractivity contribution in [1.29, 1.82) is 0 Å². The Labute approximate surface area is 172 Å². The van der Waals surface area contributed by atoms with E-state index in [4.69, 9.17) is 28.4 Å². The molecule has 0 radical (unpaired) electrons. The molecule has 2 aromatic rings. The van der Waals surface area contributed by atoms with E-state index in [-0.39, 0.29) is 17.3 Å². The number of benzene rings is 2. The average molecular weight is 420 g/mol. The summed E-state index contributed by atoms with van der Waals surface area (Å²) < 4.78 is 59.4. The van der Waals surface area contributed by atoms with E-state index in [1.54, 1.807) is 18.2 Å². The largest absolute Gasteiger partial charge is 0.460 e.